The summed E-state index contributed by atoms with van der Waals surface area (Å²) in [6.45, 7) is 0. The molecule has 0 saturated carbocycles. The number of benzene rings is 1. The third kappa shape index (κ3) is 3.11. The van der Waals surface area contributed by atoms with Crippen LogP contribution < -0.4 is 5.56 Å². The van der Waals surface area contributed by atoms with Crippen LogP contribution in [0.2, 0.25) is 0 Å². The van der Waals surface area contributed by atoms with Crippen molar-refractivity contribution in [3.8, 4) is 11.1 Å². The van der Waals surface area contributed by atoms with Gasteiger partial charge in [-0.1, -0.05) is 0 Å². The minimum absolute atomic E-state index is 0.146. The van der Waals surface area contributed by atoms with E-state index >= 15 is 0 Å². The first-order valence-electron chi connectivity index (χ1n) is 5.95. The quantitative estimate of drug-likeness (QED) is 0.441. The molecule has 0 aliphatic rings. The maximum atomic E-state index is 14.0. The lowest BCUT2D eigenvalue weighted by Crippen LogP contribution is -2.26. The van der Waals surface area contributed by atoms with Crippen molar-refractivity contribution in [2.75, 3.05) is 0 Å². The van der Waals surface area contributed by atoms with Crippen molar-refractivity contribution in [3.05, 3.63) is 60.7 Å². The smallest absolute Gasteiger partial charge is 0.307 e. The monoisotopic (exact) mass is 394 g/mol. The van der Waals surface area contributed by atoms with Crippen molar-refractivity contribution in [1.82, 2.24) is 4.57 Å². The van der Waals surface area contributed by atoms with Gasteiger partial charge in [0.05, 0.1) is 15.0 Å². The van der Waals surface area contributed by atoms with E-state index in [0.717, 1.165) is 25.2 Å². The van der Waals surface area contributed by atoms with Crippen molar-refractivity contribution in [1.29, 1.82) is 0 Å². The van der Waals surface area contributed by atoms with E-state index in [1.165, 1.54) is 0 Å². The van der Waals surface area contributed by atoms with Gasteiger partial charge in [0, 0.05) is 18.7 Å². The Labute approximate surface area is 134 Å². The van der Waals surface area contributed by atoms with Crippen LogP contribution in [0.25, 0.3) is 11.1 Å². The highest BCUT2D eigenvalue weighted by molar-refractivity contribution is 9.10. The average Bonchev–Trinajstić information content (AvgIpc) is 2.40. The van der Waals surface area contributed by atoms with Crippen molar-refractivity contribution < 1.29 is 22.5 Å². The number of hydrogen-bond acceptors (Lipinski definition) is 3. The molecule has 2 rings (SSSR count). The molecular weight excluding hydrogens is 388 g/mol. The fourth-order valence-electron chi connectivity index (χ4n) is 2.01. The van der Waals surface area contributed by atoms with E-state index in [1.54, 1.807) is 0 Å². The maximum Gasteiger partial charge on any atom is 0.431 e. The highest BCUT2D eigenvalue weighted by Crippen LogP contribution is 2.33. The molecule has 1 aromatic carbocycles. The second-order valence-corrected chi connectivity index (χ2v) is 5.39. The minimum Gasteiger partial charge on any atom is -0.307 e. The van der Waals surface area contributed by atoms with Gasteiger partial charge in [0.2, 0.25) is 0 Å². The fraction of sp³-hybridized carbons (Fsp3) is 0.154. The van der Waals surface area contributed by atoms with E-state index in [2.05, 4.69) is 15.9 Å². The lowest BCUT2D eigenvalue weighted by atomic mass is 10.1. The first-order valence-corrected chi connectivity index (χ1v) is 6.74. The van der Waals surface area contributed by atoms with Crippen molar-refractivity contribution >= 4 is 21.6 Å². The van der Waals surface area contributed by atoms with Gasteiger partial charge in [0.15, 0.2) is 0 Å². The number of pyridine rings is 1. The summed E-state index contributed by atoms with van der Waals surface area (Å²) < 4.78 is 52.4. The summed E-state index contributed by atoms with van der Waals surface area (Å²) in [5.74, 6) is -0.973. The Kier molecular flexibility index (Phi) is 4.29. The molecule has 0 atom stereocenters. The molecule has 0 aliphatic carbocycles. The van der Waals surface area contributed by atoms with Gasteiger partial charge in [-0.3, -0.25) is 14.9 Å². The normalized spacial score (nSPS) is 11.6. The minimum atomic E-state index is -4.75. The zero-order valence-electron chi connectivity index (χ0n) is 11.3. The second-order valence-electron chi connectivity index (χ2n) is 4.53. The molecule has 0 spiro atoms. The molecule has 1 heterocycles. The van der Waals surface area contributed by atoms with Gasteiger partial charge < -0.3 is 4.57 Å². The molecule has 0 radical (unpaired) electrons. The highest BCUT2D eigenvalue weighted by atomic mass is 79.9. The molecule has 0 saturated heterocycles. The number of nitrogens with zero attached hydrogens (tertiary/aromatic N) is 2. The summed E-state index contributed by atoms with van der Waals surface area (Å²) in [6, 6.07) is 2.99. The number of alkyl halides is 3. The number of rotatable bonds is 2. The Morgan fingerprint density at radius 2 is 1.83 bits per heavy atom. The maximum absolute atomic E-state index is 14.0. The lowest BCUT2D eigenvalue weighted by molar-refractivity contribution is -0.385. The second kappa shape index (κ2) is 5.76. The van der Waals surface area contributed by atoms with Crippen LogP contribution in [0.15, 0.2) is 33.5 Å². The molecule has 0 N–H and O–H groups in total. The third-order valence-corrected chi connectivity index (χ3v) is 3.75. The van der Waals surface area contributed by atoms with Crippen LogP contribution in [0.3, 0.4) is 0 Å². The molecule has 0 amide bonds. The topological polar surface area (TPSA) is 65.1 Å². The van der Waals surface area contributed by atoms with Gasteiger partial charge in [0.25, 0.3) is 11.2 Å². The summed E-state index contributed by atoms with van der Waals surface area (Å²) in [5.41, 5.74) is -3.69. The zero-order chi connectivity index (χ0) is 17.5. The molecule has 0 bridgehead atoms. The Morgan fingerprint density at radius 3 is 2.35 bits per heavy atom. The predicted octanol–water partition coefficient (Wildman–Crippen LogP) is 3.88. The molecule has 0 unspecified atom stereocenters. The van der Waals surface area contributed by atoms with Gasteiger partial charge in [0.1, 0.15) is 11.5 Å². The zero-order valence-corrected chi connectivity index (χ0v) is 12.9. The summed E-state index contributed by atoms with van der Waals surface area (Å²) >= 11 is 2.81. The summed E-state index contributed by atoms with van der Waals surface area (Å²) in [5, 5.41) is 10.9. The summed E-state index contributed by atoms with van der Waals surface area (Å²) in [6.07, 6.45) is -4.75. The molecule has 0 aliphatic heterocycles. The number of hydrogen-bond donors (Lipinski definition) is 0. The van der Waals surface area contributed by atoms with Gasteiger partial charge in [-0.2, -0.15) is 13.2 Å². The fourth-order valence-corrected chi connectivity index (χ4v) is 2.47. The summed E-state index contributed by atoms with van der Waals surface area (Å²) in [7, 11) is 0.889. The van der Waals surface area contributed by atoms with Crippen LogP contribution in [0, 0.1) is 15.9 Å². The Morgan fingerprint density at radius 1 is 1.22 bits per heavy atom. The highest BCUT2D eigenvalue weighted by Gasteiger charge is 2.34. The number of nitro groups is 1. The van der Waals surface area contributed by atoms with E-state index in [4.69, 9.17) is 0 Å². The molecule has 1 aromatic heterocycles. The van der Waals surface area contributed by atoms with E-state index in [1.807, 2.05) is 0 Å². The Bertz CT molecular complexity index is 862. The SMILES string of the molecule is Cn1c(C(F)(F)F)ccc(-c2cc([N+](=O)[O-])c(Br)cc2F)c1=O. The van der Waals surface area contributed by atoms with E-state index in [-0.39, 0.29) is 4.47 Å². The van der Waals surface area contributed by atoms with Crippen LogP contribution in [-0.4, -0.2) is 9.49 Å². The number of nitro benzene ring substituents is 1. The molecule has 23 heavy (non-hydrogen) atoms. The van der Waals surface area contributed by atoms with Gasteiger partial charge in [-0.25, -0.2) is 4.39 Å². The predicted molar refractivity (Wildman–Crippen MR) is 76.4 cm³/mol. The number of aromatic nitrogens is 1. The molecule has 122 valence electrons. The van der Waals surface area contributed by atoms with Crippen molar-refractivity contribution in [2.45, 2.75) is 6.18 Å². The molecule has 5 nitrogen and oxygen atoms in total. The van der Waals surface area contributed by atoms with Crippen molar-refractivity contribution in [3.63, 3.8) is 0 Å². The summed E-state index contributed by atoms with van der Waals surface area (Å²) in [4.78, 5) is 22.1. The average molecular weight is 395 g/mol. The van der Waals surface area contributed by atoms with E-state index < -0.39 is 45.0 Å². The van der Waals surface area contributed by atoms with E-state index in [9.17, 15) is 32.5 Å². The Balaban J connectivity index is 2.74. The van der Waals surface area contributed by atoms with Crippen LogP contribution in [0.1, 0.15) is 5.69 Å². The van der Waals surface area contributed by atoms with Crippen LogP contribution in [-0.2, 0) is 13.2 Å². The van der Waals surface area contributed by atoms with Crippen LogP contribution in [0.4, 0.5) is 23.2 Å². The van der Waals surface area contributed by atoms with Gasteiger partial charge in [-0.15, -0.1) is 0 Å². The number of halogens is 5. The van der Waals surface area contributed by atoms with E-state index in [0.29, 0.717) is 10.6 Å². The van der Waals surface area contributed by atoms with Gasteiger partial charge in [-0.05, 0) is 34.1 Å². The molecular formula is C13H7BrF4N2O3. The third-order valence-electron chi connectivity index (χ3n) is 3.12. The van der Waals surface area contributed by atoms with Crippen LogP contribution >= 0.6 is 15.9 Å². The van der Waals surface area contributed by atoms with Crippen LogP contribution in [0.5, 0.6) is 0 Å². The largest absolute Gasteiger partial charge is 0.431 e. The first kappa shape index (κ1) is 17.1. The molecule has 2 aromatic rings. The lowest BCUT2D eigenvalue weighted by Gasteiger charge is -2.13. The van der Waals surface area contributed by atoms with Gasteiger partial charge >= 0.3 is 6.18 Å². The molecule has 10 heteroatoms. The Hall–Kier alpha value is -2.23. The van der Waals surface area contributed by atoms with Crippen molar-refractivity contribution in [2.24, 2.45) is 7.05 Å². The first-order chi connectivity index (χ1) is 10.5. The standard InChI is InChI=1S/C13H7BrF4N2O3/c1-19-11(13(16,17)18)3-2-6(12(19)21)7-4-10(20(22)23)8(14)5-9(7)15/h2-5H,1H3. The molecule has 0 fully saturated rings.